The summed E-state index contributed by atoms with van der Waals surface area (Å²) in [7, 11) is 1.58. The Morgan fingerprint density at radius 3 is 2.60 bits per heavy atom. The maximum Gasteiger partial charge on any atom is 0.264 e. The molecular weight excluding hydrogens is 405 g/mol. The van der Waals surface area contributed by atoms with Crippen LogP contribution in [-0.4, -0.2) is 56.6 Å². The Bertz CT molecular complexity index is 1060. The Hall–Kier alpha value is -2.97. The molecule has 8 heteroatoms. The lowest BCUT2D eigenvalue weighted by Crippen LogP contribution is -2.36. The molecule has 3 aromatic rings. The highest BCUT2D eigenvalue weighted by Crippen LogP contribution is 2.27. The molecule has 30 heavy (non-hydrogen) atoms. The van der Waals surface area contributed by atoms with E-state index in [0.29, 0.717) is 29.2 Å². The first-order chi connectivity index (χ1) is 14.5. The maximum absolute atomic E-state index is 13.4. The monoisotopic (exact) mass is 427 g/mol. The second kappa shape index (κ2) is 8.81. The van der Waals surface area contributed by atoms with E-state index < -0.39 is 0 Å². The Balaban J connectivity index is 1.35. The molecule has 0 saturated carbocycles. The summed E-state index contributed by atoms with van der Waals surface area (Å²) in [5.74, 6) is -0.891. The molecule has 1 aromatic heterocycles. The summed E-state index contributed by atoms with van der Waals surface area (Å²) in [4.78, 5) is 29.1. The predicted octanol–water partition coefficient (Wildman–Crippen LogP) is 3.59. The Morgan fingerprint density at radius 1 is 1.13 bits per heavy atom. The normalized spacial score (nSPS) is 14.0. The summed E-state index contributed by atoms with van der Waals surface area (Å²) in [6.45, 7) is 3.06. The number of nitrogens with one attached hydrogen (secondary N) is 1. The van der Waals surface area contributed by atoms with Crippen LogP contribution in [-0.2, 0) is 9.53 Å². The number of thiophene rings is 1. The highest BCUT2D eigenvalue weighted by atomic mass is 32.1. The van der Waals surface area contributed by atoms with Gasteiger partial charge in [0.2, 0.25) is 5.91 Å². The van der Waals surface area contributed by atoms with Gasteiger partial charge >= 0.3 is 0 Å². The molecule has 0 spiro atoms. The average Bonchev–Trinajstić information content (AvgIpc) is 3.17. The third-order valence-corrected chi connectivity index (χ3v) is 6.05. The van der Waals surface area contributed by atoms with Gasteiger partial charge in [-0.25, -0.2) is 4.39 Å². The third-order valence-electron chi connectivity index (χ3n) is 4.94. The number of hydrogen-bond donors (Lipinski definition) is 1. The van der Waals surface area contributed by atoms with Gasteiger partial charge in [0.1, 0.15) is 5.82 Å². The lowest BCUT2D eigenvalue weighted by Gasteiger charge is -2.28. The first kappa shape index (κ1) is 20.3. The smallest absolute Gasteiger partial charge is 0.264 e. The van der Waals surface area contributed by atoms with E-state index in [-0.39, 0.29) is 24.2 Å². The van der Waals surface area contributed by atoms with Crippen molar-refractivity contribution in [3.63, 3.8) is 0 Å². The lowest BCUT2D eigenvalue weighted by atomic mass is 10.2. The molecule has 1 saturated heterocycles. The first-order valence-corrected chi connectivity index (χ1v) is 10.5. The van der Waals surface area contributed by atoms with Crippen molar-refractivity contribution in [3.8, 4) is 0 Å². The zero-order valence-electron chi connectivity index (χ0n) is 16.6. The van der Waals surface area contributed by atoms with Crippen molar-refractivity contribution in [2.75, 3.05) is 50.1 Å². The van der Waals surface area contributed by atoms with Crippen LogP contribution in [0.5, 0.6) is 0 Å². The van der Waals surface area contributed by atoms with Gasteiger partial charge in [-0.2, -0.15) is 0 Å². The van der Waals surface area contributed by atoms with E-state index in [4.69, 9.17) is 4.74 Å². The van der Waals surface area contributed by atoms with Crippen LogP contribution in [0, 0.1) is 5.82 Å². The van der Waals surface area contributed by atoms with Crippen LogP contribution in [0.15, 0.2) is 48.5 Å². The molecule has 1 aliphatic rings. The van der Waals surface area contributed by atoms with Gasteiger partial charge in [-0.1, -0.05) is 0 Å². The number of fused-ring (bicyclic) bond motifs is 1. The quantitative estimate of drug-likeness (QED) is 0.676. The summed E-state index contributed by atoms with van der Waals surface area (Å²) in [5, 5.41) is 3.50. The molecular formula is C22H22FN3O3S. The highest BCUT2D eigenvalue weighted by Gasteiger charge is 2.18. The average molecular weight is 428 g/mol. The summed E-state index contributed by atoms with van der Waals surface area (Å²) >= 11 is 1.29. The predicted molar refractivity (Wildman–Crippen MR) is 117 cm³/mol. The number of carbonyl (C=O) groups excluding carboxylic acids is 2. The summed E-state index contributed by atoms with van der Waals surface area (Å²) < 4.78 is 19.6. The van der Waals surface area contributed by atoms with Gasteiger partial charge in [-0.05, 0) is 53.9 Å². The second-order valence-corrected chi connectivity index (χ2v) is 8.23. The third kappa shape index (κ3) is 4.60. The molecule has 6 nitrogen and oxygen atoms in total. The Morgan fingerprint density at radius 2 is 1.87 bits per heavy atom. The minimum Gasteiger partial charge on any atom is -0.378 e. The van der Waals surface area contributed by atoms with E-state index >= 15 is 0 Å². The van der Waals surface area contributed by atoms with Crippen LogP contribution in [0.25, 0.3) is 10.1 Å². The zero-order valence-corrected chi connectivity index (χ0v) is 17.4. The molecule has 0 unspecified atom stereocenters. The van der Waals surface area contributed by atoms with Crippen LogP contribution in [0.4, 0.5) is 15.8 Å². The number of likely N-dealkylation sites (N-methyl/N-ethyl adjacent to an activating group) is 1. The van der Waals surface area contributed by atoms with E-state index in [1.807, 2.05) is 24.3 Å². The fraction of sp³-hybridized carbons (Fsp3) is 0.273. The number of anilines is 2. The van der Waals surface area contributed by atoms with Crippen molar-refractivity contribution in [2.45, 2.75) is 0 Å². The standard InChI is InChI=1S/C22H22FN3O3S/c1-25(22(28)20-13-15-12-16(23)2-7-19(15)30-20)14-21(27)24-17-3-5-18(6-4-17)26-8-10-29-11-9-26/h2-7,12-13H,8-11,14H2,1H3,(H,24,27). The van der Waals surface area contributed by atoms with Crippen molar-refractivity contribution in [1.29, 1.82) is 0 Å². The van der Waals surface area contributed by atoms with Crippen molar-refractivity contribution in [2.24, 2.45) is 0 Å². The molecule has 0 bridgehead atoms. The summed E-state index contributed by atoms with van der Waals surface area (Å²) in [5.41, 5.74) is 1.76. The number of nitrogens with zero attached hydrogens (tertiary/aromatic N) is 2. The molecule has 2 amide bonds. The van der Waals surface area contributed by atoms with Crippen molar-refractivity contribution < 1.29 is 18.7 Å². The SMILES string of the molecule is CN(CC(=O)Nc1ccc(N2CCOCC2)cc1)C(=O)c1cc2cc(F)ccc2s1. The van der Waals surface area contributed by atoms with Gasteiger partial charge in [0.25, 0.3) is 5.91 Å². The molecule has 0 atom stereocenters. The number of rotatable bonds is 5. The number of benzene rings is 2. The van der Waals surface area contributed by atoms with Crippen molar-refractivity contribution >= 4 is 44.6 Å². The number of halogens is 1. The van der Waals surface area contributed by atoms with E-state index in [2.05, 4.69) is 10.2 Å². The topological polar surface area (TPSA) is 61.9 Å². The van der Waals surface area contributed by atoms with Crippen molar-refractivity contribution in [3.05, 3.63) is 59.2 Å². The van der Waals surface area contributed by atoms with Crippen molar-refractivity contribution in [1.82, 2.24) is 4.90 Å². The molecule has 2 heterocycles. The van der Waals surface area contributed by atoms with E-state index in [1.165, 1.54) is 28.4 Å². The van der Waals surface area contributed by atoms with Gasteiger partial charge in [-0.15, -0.1) is 11.3 Å². The second-order valence-electron chi connectivity index (χ2n) is 7.15. The number of hydrogen-bond acceptors (Lipinski definition) is 5. The lowest BCUT2D eigenvalue weighted by molar-refractivity contribution is -0.116. The molecule has 1 fully saturated rings. The minimum atomic E-state index is -0.341. The number of carbonyl (C=O) groups is 2. The first-order valence-electron chi connectivity index (χ1n) is 9.67. The molecule has 2 aromatic carbocycles. The fourth-order valence-corrected chi connectivity index (χ4v) is 4.41. The zero-order chi connectivity index (χ0) is 21.1. The number of morpholine rings is 1. The van der Waals surface area contributed by atoms with Crippen LogP contribution in [0.2, 0.25) is 0 Å². The van der Waals surface area contributed by atoms with Gasteiger partial charge in [0.15, 0.2) is 0 Å². The van der Waals surface area contributed by atoms with Gasteiger partial charge in [0, 0.05) is 36.2 Å². The van der Waals surface area contributed by atoms with Crippen LogP contribution in [0.3, 0.4) is 0 Å². The van der Waals surface area contributed by atoms with E-state index in [1.54, 1.807) is 19.2 Å². The molecule has 4 rings (SSSR count). The highest BCUT2D eigenvalue weighted by molar-refractivity contribution is 7.20. The molecule has 0 radical (unpaired) electrons. The maximum atomic E-state index is 13.4. The van der Waals surface area contributed by atoms with Gasteiger partial charge < -0.3 is 19.9 Å². The molecule has 0 aliphatic carbocycles. The van der Waals surface area contributed by atoms with E-state index in [0.717, 1.165) is 23.5 Å². The van der Waals surface area contributed by atoms with Crippen LogP contribution >= 0.6 is 11.3 Å². The summed E-state index contributed by atoms with van der Waals surface area (Å²) in [6, 6.07) is 13.7. The largest absolute Gasteiger partial charge is 0.378 e. The van der Waals surface area contributed by atoms with Gasteiger partial charge in [-0.3, -0.25) is 9.59 Å². The van der Waals surface area contributed by atoms with Crippen LogP contribution in [0.1, 0.15) is 9.67 Å². The Labute approximate surface area is 177 Å². The molecule has 156 valence electrons. The molecule has 1 aliphatic heterocycles. The number of ether oxygens (including phenoxy) is 1. The van der Waals surface area contributed by atoms with Crippen LogP contribution < -0.4 is 10.2 Å². The Kier molecular flexibility index (Phi) is 5.96. The van der Waals surface area contributed by atoms with E-state index in [9.17, 15) is 14.0 Å². The fourth-order valence-electron chi connectivity index (χ4n) is 3.37. The van der Waals surface area contributed by atoms with Gasteiger partial charge in [0.05, 0.1) is 24.6 Å². The number of amides is 2. The summed E-state index contributed by atoms with van der Waals surface area (Å²) in [6.07, 6.45) is 0. The minimum absolute atomic E-state index is 0.0767. The molecule has 1 N–H and O–H groups in total.